The van der Waals surface area contributed by atoms with Gasteiger partial charge in [0.25, 0.3) is 0 Å². The minimum absolute atomic E-state index is 0.0762. The summed E-state index contributed by atoms with van der Waals surface area (Å²) in [5.41, 5.74) is 1.22. The first-order valence-corrected chi connectivity index (χ1v) is 6.42. The van der Waals surface area contributed by atoms with Gasteiger partial charge in [0, 0.05) is 17.8 Å². The van der Waals surface area contributed by atoms with Crippen molar-refractivity contribution >= 4 is 29.3 Å². The highest BCUT2D eigenvalue weighted by Crippen LogP contribution is 2.02. The number of benzene rings is 1. The molecule has 0 aliphatic heterocycles. The second-order valence-corrected chi connectivity index (χ2v) is 4.48. The molecule has 0 saturated carbocycles. The average Bonchev–Trinajstić information content (AvgIpc) is 2.34. The summed E-state index contributed by atoms with van der Waals surface area (Å²) < 4.78 is 0. The summed E-state index contributed by atoms with van der Waals surface area (Å²) in [6.45, 7) is 1.76. The fourth-order valence-corrected chi connectivity index (χ4v) is 1.54. The second-order valence-electron chi connectivity index (χ2n) is 3.56. The SMILES string of the molecule is ClCC(Cl)CCNC/C=C/c1ccccc1. The molecule has 0 aliphatic rings. The molecular weight excluding hydrogens is 241 g/mol. The molecule has 0 fully saturated rings. The summed E-state index contributed by atoms with van der Waals surface area (Å²) in [7, 11) is 0. The van der Waals surface area contributed by atoms with Crippen LogP contribution in [0.15, 0.2) is 36.4 Å². The third-order valence-electron chi connectivity index (χ3n) is 2.17. The Bertz CT molecular complexity index is 298. The Hall–Kier alpha value is -0.500. The molecule has 88 valence electrons. The van der Waals surface area contributed by atoms with Gasteiger partial charge < -0.3 is 5.32 Å². The molecule has 0 aliphatic carbocycles. The zero-order chi connectivity index (χ0) is 11.6. The van der Waals surface area contributed by atoms with Gasteiger partial charge in [-0.25, -0.2) is 0 Å². The van der Waals surface area contributed by atoms with Crippen LogP contribution in [0.4, 0.5) is 0 Å². The van der Waals surface area contributed by atoms with Gasteiger partial charge in [-0.05, 0) is 18.5 Å². The molecule has 0 saturated heterocycles. The van der Waals surface area contributed by atoms with Crippen LogP contribution < -0.4 is 5.32 Å². The van der Waals surface area contributed by atoms with E-state index in [1.165, 1.54) is 5.56 Å². The van der Waals surface area contributed by atoms with E-state index >= 15 is 0 Å². The van der Waals surface area contributed by atoms with Gasteiger partial charge in [-0.2, -0.15) is 0 Å². The average molecular weight is 258 g/mol. The lowest BCUT2D eigenvalue weighted by atomic mass is 10.2. The van der Waals surface area contributed by atoms with Crippen LogP contribution in [0, 0.1) is 0 Å². The Balaban J connectivity index is 2.09. The van der Waals surface area contributed by atoms with Crippen LogP contribution >= 0.6 is 23.2 Å². The molecule has 1 aromatic rings. The van der Waals surface area contributed by atoms with Crippen molar-refractivity contribution in [1.29, 1.82) is 0 Å². The Labute approximate surface area is 107 Å². The molecule has 3 heteroatoms. The van der Waals surface area contributed by atoms with Crippen LogP contribution in [-0.4, -0.2) is 24.3 Å². The van der Waals surface area contributed by atoms with E-state index < -0.39 is 0 Å². The van der Waals surface area contributed by atoms with Gasteiger partial charge in [0.05, 0.1) is 0 Å². The van der Waals surface area contributed by atoms with Crippen molar-refractivity contribution in [2.75, 3.05) is 19.0 Å². The van der Waals surface area contributed by atoms with Crippen LogP contribution in [0.3, 0.4) is 0 Å². The number of nitrogens with one attached hydrogen (secondary N) is 1. The van der Waals surface area contributed by atoms with Crippen molar-refractivity contribution in [3.05, 3.63) is 42.0 Å². The molecule has 1 nitrogen and oxygen atoms in total. The second kappa shape index (κ2) is 8.63. The molecular formula is C13H17Cl2N. The minimum Gasteiger partial charge on any atom is -0.313 e. The lowest BCUT2D eigenvalue weighted by Crippen LogP contribution is -2.18. The molecule has 0 bridgehead atoms. The van der Waals surface area contributed by atoms with Crippen molar-refractivity contribution in [2.45, 2.75) is 11.8 Å². The van der Waals surface area contributed by atoms with E-state index in [2.05, 4.69) is 29.6 Å². The largest absolute Gasteiger partial charge is 0.313 e. The minimum atomic E-state index is 0.0762. The maximum Gasteiger partial charge on any atom is 0.0483 e. The van der Waals surface area contributed by atoms with Crippen molar-refractivity contribution in [2.24, 2.45) is 0 Å². The zero-order valence-corrected chi connectivity index (χ0v) is 10.7. The van der Waals surface area contributed by atoms with Gasteiger partial charge in [0.1, 0.15) is 0 Å². The van der Waals surface area contributed by atoms with E-state index in [-0.39, 0.29) is 5.38 Å². The molecule has 1 aromatic carbocycles. The van der Waals surface area contributed by atoms with Gasteiger partial charge in [0.2, 0.25) is 0 Å². The zero-order valence-electron chi connectivity index (χ0n) is 9.20. The standard InChI is InChI=1S/C13H17Cl2N/c14-11-13(15)8-10-16-9-4-7-12-5-2-1-3-6-12/h1-7,13,16H,8-11H2/b7-4+. The molecule has 1 unspecified atom stereocenters. The normalized spacial score (nSPS) is 13.1. The number of hydrogen-bond donors (Lipinski definition) is 1. The summed E-state index contributed by atoms with van der Waals surface area (Å²) >= 11 is 11.5. The fourth-order valence-electron chi connectivity index (χ4n) is 1.28. The first-order chi connectivity index (χ1) is 7.83. The first kappa shape index (κ1) is 13.6. The lowest BCUT2D eigenvalue weighted by molar-refractivity contribution is 0.688. The van der Waals surface area contributed by atoms with E-state index in [4.69, 9.17) is 23.2 Å². The first-order valence-electron chi connectivity index (χ1n) is 5.45. The highest BCUT2D eigenvalue weighted by Gasteiger charge is 1.99. The summed E-state index contributed by atoms with van der Waals surface area (Å²) in [5.74, 6) is 0.517. The van der Waals surface area contributed by atoms with E-state index in [1.807, 2.05) is 18.2 Å². The van der Waals surface area contributed by atoms with Gasteiger partial charge in [0.15, 0.2) is 0 Å². The summed E-state index contributed by atoms with van der Waals surface area (Å²) in [5, 5.41) is 3.37. The van der Waals surface area contributed by atoms with Gasteiger partial charge in [-0.1, -0.05) is 42.5 Å². The molecule has 0 heterocycles. The molecule has 0 amide bonds. The van der Waals surface area contributed by atoms with Crippen LogP contribution in [-0.2, 0) is 0 Å². The fraction of sp³-hybridized carbons (Fsp3) is 0.385. The van der Waals surface area contributed by atoms with E-state index in [1.54, 1.807) is 0 Å². The Morgan fingerprint density at radius 2 is 2.00 bits per heavy atom. The summed E-state index contributed by atoms with van der Waals surface area (Å²) in [6.07, 6.45) is 5.12. The van der Waals surface area contributed by atoms with Crippen molar-refractivity contribution in [3.8, 4) is 0 Å². The third kappa shape index (κ3) is 6.16. The molecule has 0 spiro atoms. The van der Waals surface area contributed by atoms with Crippen LogP contribution in [0.2, 0.25) is 0 Å². The number of rotatable bonds is 7. The topological polar surface area (TPSA) is 12.0 Å². The molecule has 0 aromatic heterocycles. The van der Waals surface area contributed by atoms with E-state index in [0.717, 1.165) is 19.5 Å². The van der Waals surface area contributed by atoms with Crippen LogP contribution in [0.5, 0.6) is 0 Å². The van der Waals surface area contributed by atoms with E-state index in [0.29, 0.717) is 5.88 Å². The highest BCUT2D eigenvalue weighted by molar-refractivity contribution is 6.28. The van der Waals surface area contributed by atoms with Crippen molar-refractivity contribution in [1.82, 2.24) is 5.32 Å². The van der Waals surface area contributed by atoms with Crippen LogP contribution in [0.25, 0.3) is 6.08 Å². The third-order valence-corrected chi connectivity index (χ3v) is 3.08. The van der Waals surface area contributed by atoms with Crippen molar-refractivity contribution < 1.29 is 0 Å². The summed E-state index contributed by atoms with van der Waals surface area (Å²) in [6, 6.07) is 10.2. The number of hydrogen-bond acceptors (Lipinski definition) is 1. The van der Waals surface area contributed by atoms with Gasteiger partial charge in [-0.3, -0.25) is 0 Å². The molecule has 1 N–H and O–H groups in total. The monoisotopic (exact) mass is 257 g/mol. The quantitative estimate of drug-likeness (QED) is 0.582. The smallest absolute Gasteiger partial charge is 0.0483 e. The number of alkyl halides is 2. The predicted octanol–water partition coefficient (Wildman–Crippen LogP) is 3.53. The number of halogens is 2. The lowest BCUT2D eigenvalue weighted by Gasteiger charge is -2.04. The van der Waals surface area contributed by atoms with E-state index in [9.17, 15) is 0 Å². The predicted molar refractivity (Wildman–Crippen MR) is 73.3 cm³/mol. The van der Waals surface area contributed by atoms with Crippen LogP contribution in [0.1, 0.15) is 12.0 Å². The maximum atomic E-state index is 5.88. The molecule has 0 radical (unpaired) electrons. The summed E-state index contributed by atoms with van der Waals surface area (Å²) in [4.78, 5) is 0. The molecule has 1 atom stereocenters. The Kier molecular flexibility index (Phi) is 7.32. The maximum absolute atomic E-state index is 5.88. The Morgan fingerprint density at radius 1 is 1.25 bits per heavy atom. The molecule has 16 heavy (non-hydrogen) atoms. The Morgan fingerprint density at radius 3 is 2.69 bits per heavy atom. The van der Waals surface area contributed by atoms with Gasteiger partial charge >= 0.3 is 0 Å². The van der Waals surface area contributed by atoms with Crippen molar-refractivity contribution in [3.63, 3.8) is 0 Å². The molecule has 1 rings (SSSR count). The van der Waals surface area contributed by atoms with Gasteiger partial charge in [-0.15, -0.1) is 23.2 Å². The highest BCUT2D eigenvalue weighted by atomic mass is 35.5.